The Morgan fingerprint density at radius 2 is 2.00 bits per heavy atom. The number of nitrogens with zero attached hydrogens (tertiary/aromatic N) is 1. The Labute approximate surface area is 109 Å². The molecule has 0 saturated carbocycles. The van der Waals surface area contributed by atoms with Crippen molar-refractivity contribution in [1.82, 2.24) is 10.2 Å². The Kier molecular flexibility index (Phi) is 4.02. The second kappa shape index (κ2) is 5.53. The highest BCUT2D eigenvalue weighted by Gasteiger charge is 2.23. The molecule has 1 aliphatic rings. The average molecular weight is 246 g/mol. The fourth-order valence-electron chi connectivity index (χ4n) is 2.32. The van der Waals surface area contributed by atoms with Gasteiger partial charge in [0, 0.05) is 31.2 Å². The van der Waals surface area contributed by atoms with Gasteiger partial charge < -0.3 is 10.2 Å². The van der Waals surface area contributed by atoms with Crippen LogP contribution in [-0.4, -0.2) is 36.5 Å². The first-order chi connectivity index (χ1) is 8.59. The van der Waals surface area contributed by atoms with Gasteiger partial charge in [0.2, 0.25) is 0 Å². The predicted molar refractivity (Wildman–Crippen MR) is 73.9 cm³/mol. The lowest BCUT2D eigenvalue weighted by molar-refractivity contribution is 0.0656. The smallest absolute Gasteiger partial charge is 0.254 e. The van der Waals surface area contributed by atoms with Crippen molar-refractivity contribution in [3.8, 4) is 0 Å². The van der Waals surface area contributed by atoms with Crippen molar-refractivity contribution in [2.24, 2.45) is 0 Å². The molecule has 0 aliphatic carbocycles. The maximum Gasteiger partial charge on any atom is 0.254 e. The lowest BCUT2D eigenvalue weighted by atomic mass is 10.0. The second-order valence-corrected chi connectivity index (χ2v) is 5.33. The van der Waals surface area contributed by atoms with Gasteiger partial charge in [-0.05, 0) is 30.5 Å². The van der Waals surface area contributed by atoms with Gasteiger partial charge in [-0.25, -0.2) is 0 Å². The van der Waals surface area contributed by atoms with E-state index in [-0.39, 0.29) is 11.9 Å². The van der Waals surface area contributed by atoms with Crippen LogP contribution >= 0.6 is 0 Å². The maximum atomic E-state index is 12.4. The number of carbonyl (C=O) groups excluding carboxylic acids is 1. The average Bonchev–Trinajstić information content (AvgIpc) is 2.38. The van der Waals surface area contributed by atoms with Crippen LogP contribution in [0.2, 0.25) is 0 Å². The Bertz CT molecular complexity index is 411. The largest absolute Gasteiger partial charge is 0.333 e. The van der Waals surface area contributed by atoms with Crippen molar-refractivity contribution in [3.63, 3.8) is 0 Å². The minimum atomic E-state index is 0.152. The monoisotopic (exact) mass is 246 g/mol. The molecule has 0 unspecified atom stereocenters. The van der Waals surface area contributed by atoms with Crippen LogP contribution in [0.5, 0.6) is 0 Å². The van der Waals surface area contributed by atoms with E-state index in [0.29, 0.717) is 5.92 Å². The van der Waals surface area contributed by atoms with Gasteiger partial charge in [0.25, 0.3) is 5.91 Å². The molecule has 0 aromatic heterocycles. The zero-order valence-corrected chi connectivity index (χ0v) is 11.4. The van der Waals surface area contributed by atoms with E-state index in [1.807, 2.05) is 17.0 Å². The first kappa shape index (κ1) is 13.1. The third-order valence-electron chi connectivity index (χ3n) is 3.59. The van der Waals surface area contributed by atoms with Crippen LogP contribution in [0.25, 0.3) is 0 Å². The standard InChI is InChI=1S/C15H22N2O/c1-11(2)13-4-6-14(7-5-13)15(18)17-9-8-16-10-12(17)3/h4-7,11-12,16H,8-10H2,1-3H3/t12-/m1/s1. The Morgan fingerprint density at radius 3 is 2.56 bits per heavy atom. The normalized spacial score (nSPS) is 20.2. The van der Waals surface area contributed by atoms with E-state index < -0.39 is 0 Å². The van der Waals surface area contributed by atoms with E-state index in [9.17, 15) is 4.79 Å². The molecular formula is C15H22N2O. The fraction of sp³-hybridized carbons (Fsp3) is 0.533. The highest BCUT2D eigenvalue weighted by Crippen LogP contribution is 2.16. The quantitative estimate of drug-likeness (QED) is 0.868. The summed E-state index contributed by atoms with van der Waals surface area (Å²) >= 11 is 0. The van der Waals surface area contributed by atoms with E-state index in [2.05, 4.69) is 38.2 Å². The molecule has 1 aromatic carbocycles. The number of benzene rings is 1. The molecule has 0 bridgehead atoms. The van der Waals surface area contributed by atoms with Gasteiger partial charge in [-0.15, -0.1) is 0 Å². The minimum Gasteiger partial charge on any atom is -0.333 e. The van der Waals surface area contributed by atoms with Crippen molar-refractivity contribution in [2.75, 3.05) is 19.6 Å². The minimum absolute atomic E-state index is 0.152. The van der Waals surface area contributed by atoms with Gasteiger partial charge in [-0.2, -0.15) is 0 Å². The van der Waals surface area contributed by atoms with Crippen molar-refractivity contribution in [3.05, 3.63) is 35.4 Å². The summed E-state index contributed by atoms with van der Waals surface area (Å²) in [6.07, 6.45) is 0. The van der Waals surface area contributed by atoms with Gasteiger partial charge in [-0.1, -0.05) is 26.0 Å². The first-order valence-electron chi connectivity index (χ1n) is 6.71. The van der Waals surface area contributed by atoms with Gasteiger partial charge in [-0.3, -0.25) is 4.79 Å². The van der Waals surface area contributed by atoms with Crippen molar-refractivity contribution < 1.29 is 4.79 Å². The van der Waals surface area contributed by atoms with Crippen molar-refractivity contribution in [1.29, 1.82) is 0 Å². The fourth-order valence-corrected chi connectivity index (χ4v) is 2.32. The van der Waals surface area contributed by atoms with Crippen molar-refractivity contribution in [2.45, 2.75) is 32.7 Å². The highest BCUT2D eigenvalue weighted by molar-refractivity contribution is 5.94. The summed E-state index contributed by atoms with van der Waals surface area (Å²) in [5.41, 5.74) is 2.08. The number of hydrogen-bond donors (Lipinski definition) is 1. The molecule has 1 heterocycles. The van der Waals surface area contributed by atoms with Crippen LogP contribution in [-0.2, 0) is 0 Å². The SMILES string of the molecule is CC(C)c1ccc(C(=O)N2CCNC[C@H]2C)cc1. The third kappa shape index (κ3) is 2.72. The summed E-state index contributed by atoms with van der Waals surface area (Å²) in [5.74, 6) is 0.659. The molecule has 1 aromatic rings. The summed E-state index contributed by atoms with van der Waals surface area (Å²) in [4.78, 5) is 14.3. The Morgan fingerprint density at radius 1 is 1.33 bits per heavy atom. The number of nitrogens with one attached hydrogen (secondary N) is 1. The van der Waals surface area contributed by atoms with Gasteiger partial charge >= 0.3 is 0 Å². The van der Waals surface area contributed by atoms with Crippen LogP contribution in [0.3, 0.4) is 0 Å². The molecule has 0 spiro atoms. The van der Waals surface area contributed by atoms with Gasteiger partial charge in [0.1, 0.15) is 0 Å². The lowest BCUT2D eigenvalue weighted by Gasteiger charge is -2.34. The zero-order valence-electron chi connectivity index (χ0n) is 11.4. The third-order valence-corrected chi connectivity index (χ3v) is 3.59. The number of hydrogen-bond acceptors (Lipinski definition) is 2. The van der Waals surface area contributed by atoms with Crippen LogP contribution in [0, 0.1) is 0 Å². The number of rotatable bonds is 2. The Hall–Kier alpha value is -1.35. The molecular weight excluding hydrogens is 224 g/mol. The predicted octanol–water partition coefficient (Wildman–Crippen LogP) is 2.24. The molecule has 1 fully saturated rings. The molecule has 18 heavy (non-hydrogen) atoms. The zero-order chi connectivity index (χ0) is 13.1. The summed E-state index contributed by atoms with van der Waals surface area (Å²) < 4.78 is 0. The maximum absolute atomic E-state index is 12.4. The molecule has 1 saturated heterocycles. The second-order valence-electron chi connectivity index (χ2n) is 5.33. The summed E-state index contributed by atoms with van der Waals surface area (Å²) in [6, 6.07) is 8.30. The highest BCUT2D eigenvalue weighted by atomic mass is 16.2. The van der Waals surface area contributed by atoms with E-state index in [1.165, 1.54) is 5.56 Å². The van der Waals surface area contributed by atoms with Gasteiger partial charge in [0.15, 0.2) is 0 Å². The number of amides is 1. The topological polar surface area (TPSA) is 32.3 Å². The van der Waals surface area contributed by atoms with E-state index in [0.717, 1.165) is 25.2 Å². The first-order valence-corrected chi connectivity index (χ1v) is 6.71. The molecule has 1 N–H and O–H groups in total. The number of piperazine rings is 1. The van der Waals surface area contributed by atoms with E-state index >= 15 is 0 Å². The van der Waals surface area contributed by atoms with E-state index in [4.69, 9.17) is 0 Å². The molecule has 98 valence electrons. The van der Waals surface area contributed by atoms with Gasteiger partial charge in [0.05, 0.1) is 0 Å². The molecule has 1 aliphatic heterocycles. The lowest BCUT2D eigenvalue weighted by Crippen LogP contribution is -2.52. The number of carbonyl (C=O) groups is 1. The summed E-state index contributed by atoms with van der Waals surface area (Å²) in [7, 11) is 0. The summed E-state index contributed by atoms with van der Waals surface area (Å²) in [6.45, 7) is 8.98. The molecule has 3 heteroatoms. The molecule has 2 rings (SSSR count). The van der Waals surface area contributed by atoms with E-state index in [1.54, 1.807) is 0 Å². The van der Waals surface area contributed by atoms with Crippen LogP contribution < -0.4 is 5.32 Å². The molecule has 0 radical (unpaired) electrons. The van der Waals surface area contributed by atoms with Crippen LogP contribution in [0.1, 0.15) is 42.6 Å². The van der Waals surface area contributed by atoms with Crippen molar-refractivity contribution >= 4 is 5.91 Å². The Balaban J connectivity index is 2.13. The molecule has 1 amide bonds. The molecule has 1 atom stereocenters. The van der Waals surface area contributed by atoms with Crippen LogP contribution in [0.15, 0.2) is 24.3 Å². The summed E-state index contributed by atoms with van der Waals surface area (Å²) in [5, 5.41) is 3.30. The molecule has 3 nitrogen and oxygen atoms in total. The van der Waals surface area contributed by atoms with Crippen LogP contribution in [0.4, 0.5) is 0 Å².